The topological polar surface area (TPSA) is 85.3 Å². The van der Waals surface area contributed by atoms with Crippen LogP contribution in [-0.2, 0) is 20.9 Å². The molecule has 1 aromatic carbocycles. The smallest absolute Gasteiger partial charge is 0.310 e. The number of amides is 1. The number of rotatable bonds is 3. The van der Waals surface area contributed by atoms with Crippen molar-refractivity contribution in [1.29, 1.82) is 0 Å². The monoisotopic (exact) mass is 329 g/mol. The number of hydrogen-bond donors (Lipinski definition) is 1. The van der Waals surface area contributed by atoms with Gasteiger partial charge in [0.25, 0.3) is 0 Å². The molecular formula is C17H15NO6. The zero-order valence-corrected chi connectivity index (χ0v) is 12.7. The molecule has 1 amide bonds. The summed E-state index contributed by atoms with van der Waals surface area (Å²) in [5.41, 5.74) is 0.121. The van der Waals surface area contributed by atoms with E-state index in [1.54, 1.807) is 11.0 Å². The molecule has 1 aromatic rings. The second-order valence-electron chi connectivity index (χ2n) is 6.62. The molecule has 1 spiro atoms. The summed E-state index contributed by atoms with van der Waals surface area (Å²) in [7, 11) is 0. The van der Waals surface area contributed by atoms with Gasteiger partial charge in [0.1, 0.15) is 11.5 Å². The normalized spacial score (nSPS) is 34.9. The molecule has 0 unspecified atom stereocenters. The van der Waals surface area contributed by atoms with Crippen molar-refractivity contribution in [2.24, 2.45) is 11.8 Å². The number of carboxylic acid groups (broad SMARTS) is 1. The van der Waals surface area contributed by atoms with Crippen molar-refractivity contribution in [2.45, 2.75) is 18.2 Å². The number of carbonyl (C=O) groups is 2. The molecule has 2 saturated heterocycles. The molecule has 2 fully saturated rings. The number of likely N-dealkylation sites (tertiary alicyclic amines) is 1. The van der Waals surface area contributed by atoms with Gasteiger partial charge in [0.05, 0.1) is 18.6 Å². The summed E-state index contributed by atoms with van der Waals surface area (Å²) in [6.45, 7) is 0.969. The van der Waals surface area contributed by atoms with Gasteiger partial charge in [0.15, 0.2) is 11.5 Å². The van der Waals surface area contributed by atoms with Crippen molar-refractivity contribution in [3.63, 3.8) is 0 Å². The van der Waals surface area contributed by atoms with Gasteiger partial charge in [-0.3, -0.25) is 9.59 Å². The maximum absolute atomic E-state index is 12.8. The van der Waals surface area contributed by atoms with Gasteiger partial charge in [-0.2, -0.15) is 0 Å². The first-order valence-corrected chi connectivity index (χ1v) is 7.85. The molecular weight excluding hydrogens is 314 g/mol. The third kappa shape index (κ3) is 1.70. The van der Waals surface area contributed by atoms with Crippen molar-refractivity contribution in [1.82, 2.24) is 4.90 Å². The Kier molecular flexibility index (Phi) is 2.60. The molecule has 0 aromatic heterocycles. The van der Waals surface area contributed by atoms with E-state index in [9.17, 15) is 14.7 Å². The van der Waals surface area contributed by atoms with Crippen LogP contribution in [0.3, 0.4) is 0 Å². The van der Waals surface area contributed by atoms with E-state index in [0.717, 1.165) is 5.56 Å². The number of fused-ring (bicyclic) bond motifs is 2. The summed E-state index contributed by atoms with van der Waals surface area (Å²) in [6, 6.07) is 5.55. The lowest BCUT2D eigenvalue weighted by Crippen LogP contribution is -2.39. The van der Waals surface area contributed by atoms with E-state index in [-0.39, 0.29) is 12.7 Å². The second kappa shape index (κ2) is 4.51. The maximum Gasteiger partial charge on any atom is 0.310 e. The third-order valence-electron chi connectivity index (χ3n) is 5.27. The van der Waals surface area contributed by atoms with E-state index in [1.165, 1.54) is 0 Å². The summed E-state index contributed by atoms with van der Waals surface area (Å²) in [5, 5.41) is 9.46. The third-order valence-corrected chi connectivity index (χ3v) is 5.27. The lowest BCUT2D eigenvalue weighted by atomic mass is 9.77. The van der Waals surface area contributed by atoms with E-state index in [1.807, 2.05) is 24.3 Å². The molecule has 2 bridgehead atoms. The highest BCUT2D eigenvalue weighted by Crippen LogP contribution is 2.52. The van der Waals surface area contributed by atoms with Crippen molar-refractivity contribution < 1.29 is 28.9 Å². The number of aliphatic carboxylic acids is 1. The molecule has 0 aliphatic carbocycles. The fourth-order valence-electron chi connectivity index (χ4n) is 4.25. The molecule has 0 radical (unpaired) electrons. The summed E-state index contributed by atoms with van der Waals surface area (Å²) in [6.07, 6.45) is 3.13. The van der Waals surface area contributed by atoms with Crippen LogP contribution in [0.2, 0.25) is 0 Å². The first kappa shape index (κ1) is 13.9. The summed E-state index contributed by atoms with van der Waals surface area (Å²) in [5.74, 6) is -1.22. The van der Waals surface area contributed by atoms with Crippen LogP contribution < -0.4 is 9.47 Å². The fourth-order valence-corrected chi connectivity index (χ4v) is 4.25. The van der Waals surface area contributed by atoms with Crippen LogP contribution in [0, 0.1) is 11.8 Å². The molecule has 5 rings (SSSR count). The van der Waals surface area contributed by atoms with Gasteiger partial charge in [-0.15, -0.1) is 0 Å². The average molecular weight is 329 g/mol. The van der Waals surface area contributed by atoms with Crippen LogP contribution in [0.4, 0.5) is 0 Å². The Morgan fingerprint density at radius 1 is 1.33 bits per heavy atom. The van der Waals surface area contributed by atoms with E-state index < -0.39 is 29.5 Å². The summed E-state index contributed by atoms with van der Waals surface area (Å²) < 4.78 is 16.5. The number of nitrogens with zero attached hydrogens (tertiary/aromatic N) is 1. The summed E-state index contributed by atoms with van der Waals surface area (Å²) in [4.78, 5) is 26.0. The van der Waals surface area contributed by atoms with E-state index in [0.29, 0.717) is 24.6 Å². The minimum atomic E-state index is -0.977. The number of carbonyl (C=O) groups excluding carboxylic acids is 1. The molecule has 7 heteroatoms. The molecule has 4 heterocycles. The first-order valence-electron chi connectivity index (χ1n) is 7.85. The zero-order valence-electron chi connectivity index (χ0n) is 12.7. The van der Waals surface area contributed by atoms with Crippen LogP contribution in [-0.4, -0.2) is 46.9 Å². The number of hydrogen-bond acceptors (Lipinski definition) is 5. The number of benzene rings is 1. The molecule has 0 saturated carbocycles. The van der Waals surface area contributed by atoms with Gasteiger partial charge < -0.3 is 24.2 Å². The minimum Gasteiger partial charge on any atom is -0.481 e. The molecule has 7 nitrogen and oxygen atoms in total. The highest BCUT2D eigenvalue weighted by atomic mass is 16.7. The van der Waals surface area contributed by atoms with Crippen LogP contribution >= 0.6 is 0 Å². The predicted octanol–water partition coefficient (Wildman–Crippen LogP) is 0.782. The highest BCUT2D eigenvalue weighted by molar-refractivity contribution is 5.90. The first-order chi connectivity index (χ1) is 11.6. The Labute approximate surface area is 137 Å². The van der Waals surface area contributed by atoms with Crippen molar-refractivity contribution in [3.05, 3.63) is 35.9 Å². The van der Waals surface area contributed by atoms with Gasteiger partial charge in [-0.25, -0.2) is 0 Å². The quantitative estimate of drug-likeness (QED) is 0.825. The molecule has 24 heavy (non-hydrogen) atoms. The predicted molar refractivity (Wildman–Crippen MR) is 79.3 cm³/mol. The number of ether oxygens (including phenoxy) is 3. The Bertz CT molecular complexity index is 789. The molecule has 1 N–H and O–H groups in total. The lowest BCUT2D eigenvalue weighted by Gasteiger charge is -2.21. The SMILES string of the molecule is O=C(O)[C@H]1[C@H]2C=C[C@]3(CN(Cc4ccc5c(c4)OCO5)C(=O)[C@@H]13)O2. The van der Waals surface area contributed by atoms with Gasteiger partial charge in [0, 0.05) is 6.54 Å². The van der Waals surface area contributed by atoms with E-state index >= 15 is 0 Å². The average Bonchev–Trinajstić information content (AvgIpc) is 3.28. The Balaban J connectivity index is 1.42. The lowest BCUT2D eigenvalue weighted by molar-refractivity contribution is -0.148. The van der Waals surface area contributed by atoms with Crippen molar-refractivity contribution >= 4 is 11.9 Å². The standard InChI is InChI=1S/C17H15NO6/c19-15-14-13(16(20)21)11-3-4-17(14,24-11)7-18(15)6-9-1-2-10-12(5-9)23-8-22-10/h1-5,11,13-14H,6-8H2,(H,20,21)/t11-,13+,14-,17-/m1/s1. The highest BCUT2D eigenvalue weighted by Gasteiger charge is 2.66. The molecule has 4 aliphatic heterocycles. The van der Waals surface area contributed by atoms with Crippen LogP contribution in [0.25, 0.3) is 0 Å². The Morgan fingerprint density at radius 2 is 2.17 bits per heavy atom. The van der Waals surface area contributed by atoms with Crippen molar-refractivity contribution in [2.75, 3.05) is 13.3 Å². The zero-order chi connectivity index (χ0) is 16.5. The van der Waals surface area contributed by atoms with Crippen LogP contribution in [0.15, 0.2) is 30.4 Å². The van der Waals surface area contributed by atoms with Gasteiger partial charge >= 0.3 is 5.97 Å². The Hall–Kier alpha value is -2.54. The Morgan fingerprint density at radius 3 is 3.00 bits per heavy atom. The van der Waals surface area contributed by atoms with E-state index in [2.05, 4.69) is 0 Å². The summed E-state index contributed by atoms with van der Waals surface area (Å²) >= 11 is 0. The molecule has 124 valence electrons. The van der Waals surface area contributed by atoms with Gasteiger partial charge in [-0.05, 0) is 17.7 Å². The van der Waals surface area contributed by atoms with Gasteiger partial charge in [0.2, 0.25) is 12.7 Å². The van der Waals surface area contributed by atoms with Gasteiger partial charge in [-0.1, -0.05) is 18.2 Å². The fraction of sp³-hybridized carbons (Fsp3) is 0.412. The molecule has 4 aliphatic rings. The second-order valence-corrected chi connectivity index (χ2v) is 6.62. The van der Waals surface area contributed by atoms with Crippen molar-refractivity contribution in [3.8, 4) is 11.5 Å². The maximum atomic E-state index is 12.8. The van der Waals surface area contributed by atoms with Crippen LogP contribution in [0.1, 0.15) is 5.56 Å². The van der Waals surface area contributed by atoms with Crippen LogP contribution in [0.5, 0.6) is 11.5 Å². The minimum absolute atomic E-state index is 0.160. The van der Waals surface area contributed by atoms with E-state index in [4.69, 9.17) is 14.2 Å². The molecule has 4 atom stereocenters. The number of carboxylic acids is 1. The largest absolute Gasteiger partial charge is 0.481 e.